The second kappa shape index (κ2) is 6.11. The SMILES string of the molecule is N#C/C(=C/c1ccc(-c2ccc([N+](=O)[O-])cc2Cl)o1)C(N)=O. The molecule has 0 fully saturated rings. The number of hydrogen-bond acceptors (Lipinski definition) is 5. The van der Waals surface area contributed by atoms with Crippen molar-refractivity contribution < 1.29 is 14.1 Å². The van der Waals surface area contributed by atoms with Crippen LogP contribution in [0.15, 0.2) is 40.3 Å². The lowest BCUT2D eigenvalue weighted by atomic mass is 10.1. The first-order chi connectivity index (χ1) is 10.4. The molecule has 1 heterocycles. The molecule has 0 aliphatic heterocycles. The van der Waals surface area contributed by atoms with E-state index in [1.807, 2.05) is 0 Å². The summed E-state index contributed by atoms with van der Waals surface area (Å²) in [5, 5.41) is 19.6. The molecular formula is C14H8ClN3O4. The van der Waals surface area contributed by atoms with Gasteiger partial charge in [-0.3, -0.25) is 14.9 Å². The Kier molecular flexibility index (Phi) is 4.25. The predicted molar refractivity (Wildman–Crippen MR) is 78.6 cm³/mol. The Bertz CT molecular complexity index is 833. The van der Waals surface area contributed by atoms with E-state index in [4.69, 9.17) is 27.0 Å². The maximum absolute atomic E-state index is 11.0. The molecule has 0 spiro atoms. The van der Waals surface area contributed by atoms with E-state index in [0.717, 1.165) is 0 Å². The molecule has 2 aromatic rings. The topological polar surface area (TPSA) is 123 Å². The molecule has 1 aromatic carbocycles. The first kappa shape index (κ1) is 15.3. The average Bonchev–Trinajstić information content (AvgIpc) is 2.92. The Morgan fingerprint density at radius 3 is 2.68 bits per heavy atom. The van der Waals surface area contributed by atoms with Gasteiger partial charge in [0.25, 0.3) is 11.6 Å². The first-order valence-corrected chi connectivity index (χ1v) is 6.26. The van der Waals surface area contributed by atoms with Crippen molar-refractivity contribution in [1.82, 2.24) is 0 Å². The highest BCUT2D eigenvalue weighted by molar-refractivity contribution is 6.33. The minimum atomic E-state index is -0.867. The maximum atomic E-state index is 11.0. The molecule has 0 atom stereocenters. The first-order valence-electron chi connectivity index (χ1n) is 5.88. The fourth-order valence-corrected chi connectivity index (χ4v) is 1.96. The monoisotopic (exact) mass is 317 g/mol. The molecule has 110 valence electrons. The van der Waals surface area contributed by atoms with Crippen molar-refractivity contribution in [3.05, 3.63) is 56.8 Å². The van der Waals surface area contributed by atoms with E-state index in [1.54, 1.807) is 12.1 Å². The summed E-state index contributed by atoms with van der Waals surface area (Å²) >= 11 is 5.99. The van der Waals surface area contributed by atoms with Crippen molar-refractivity contribution in [2.75, 3.05) is 0 Å². The van der Waals surface area contributed by atoms with Gasteiger partial charge in [-0.05, 0) is 18.2 Å². The van der Waals surface area contributed by atoms with Gasteiger partial charge >= 0.3 is 0 Å². The van der Waals surface area contributed by atoms with E-state index < -0.39 is 10.8 Å². The molecule has 2 rings (SSSR count). The average molecular weight is 318 g/mol. The summed E-state index contributed by atoms with van der Waals surface area (Å²) in [5.74, 6) is -0.290. The fraction of sp³-hybridized carbons (Fsp3) is 0. The van der Waals surface area contributed by atoms with E-state index in [1.165, 1.54) is 30.3 Å². The molecule has 0 unspecified atom stereocenters. The van der Waals surface area contributed by atoms with Gasteiger partial charge in [-0.25, -0.2) is 0 Å². The fourth-order valence-electron chi connectivity index (χ4n) is 1.69. The molecule has 8 heteroatoms. The van der Waals surface area contributed by atoms with E-state index in [0.29, 0.717) is 11.3 Å². The summed E-state index contributed by atoms with van der Waals surface area (Å²) in [5.41, 5.74) is 5.08. The van der Waals surface area contributed by atoms with Crippen LogP contribution in [0.4, 0.5) is 5.69 Å². The molecule has 1 aromatic heterocycles. The van der Waals surface area contributed by atoms with Crippen molar-refractivity contribution in [3.63, 3.8) is 0 Å². The van der Waals surface area contributed by atoms with Crippen LogP contribution in [-0.4, -0.2) is 10.8 Å². The molecule has 0 bridgehead atoms. The van der Waals surface area contributed by atoms with Crippen molar-refractivity contribution in [3.8, 4) is 17.4 Å². The lowest BCUT2D eigenvalue weighted by molar-refractivity contribution is -0.384. The summed E-state index contributed by atoms with van der Waals surface area (Å²) in [4.78, 5) is 21.1. The molecule has 2 N–H and O–H groups in total. The number of amides is 1. The Balaban J connectivity index is 2.39. The van der Waals surface area contributed by atoms with Gasteiger partial charge in [-0.2, -0.15) is 5.26 Å². The van der Waals surface area contributed by atoms with Crippen LogP contribution in [0.1, 0.15) is 5.76 Å². The number of halogens is 1. The Labute approximate surface area is 129 Å². The van der Waals surface area contributed by atoms with Crippen LogP contribution in [0.5, 0.6) is 0 Å². The lowest BCUT2D eigenvalue weighted by Gasteiger charge is -2.00. The highest BCUT2D eigenvalue weighted by Gasteiger charge is 2.13. The molecule has 0 aliphatic rings. The van der Waals surface area contributed by atoms with Crippen LogP contribution in [0.2, 0.25) is 5.02 Å². The van der Waals surface area contributed by atoms with Gasteiger partial charge in [-0.15, -0.1) is 0 Å². The van der Waals surface area contributed by atoms with Crippen LogP contribution < -0.4 is 5.73 Å². The van der Waals surface area contributed by atoms with Crippen LogP contribution >= 0.6 is 11.6 Å². The Morgan fingerprint density at radius 1 is 1.41 bits per heavy atom. The van der Waals surface area contributed by atoms with E-state index in [-0.39, 0.29) is 22.0 Å². The number of carbonyl (C=O) groups excluding carboxylic acids is 1. The summed E-state index contributed by atoms with van der Waals surface area (Å²) in [7, 11) is 0. The smallest absolute Gasteiger partial charge is 0.270 e. The number of benzene rings is 1. The summed E-state index contributed by atoms with van der Waals surface area (Å²) in [6.45, 7) is 0. The number of primary amides is 1. The van der Waals surface area contributed by atoms with Gasteiger partial charge in [-0.1, -0.05) is 11.6 Å². The zero-order valence-corrected chi connectivity index (χ0v) is 11.7. The molecule has 22 heavy (non-hydrogen) atoms. The normalized spacial score (nSPS) is 11.0. The Morgan fingerprint density at radius 2 is 2.14 bits per heavy atom. The van der Waals surface area contributed by atoms with Crippen LogP contribution in [0, 0.1) is 21.4 Å². The number of non-ortho nitro benzene ring substituents is 1. The van der Waals surface area contributed by atoms with Gasteiger partial charge in [0.2, 0.25) is 0 Å². The molecule has 0 aliphatic carbocycles. The number of nitrogens with two attached hydrogens (primary N) is 1. The minimum absolute atomic E-state index is 0.138. The highest BCUT2D eigenvalue weighted by atomic mass is 35.5. The molecule has 0 saturated heterocycles. The Hall–Kier alpha value is -3.11. The van der Waals surface area contributed by atoms with Gasteiger partial charge in [0.05, 0.1) is 9.95 Å². The van der Waals surface area contributed by atoms with Gasteiger partial charge in [0.15, 0.2) is 0 Å². The minimum Gasteiger partial charge on any atom is -0.457 e. The summed E-state index contributed by atoms with van der Waals surface area (Å²) in [6.07, 6.45) is 1.20. The zero-order chi connectivity index (χ0) is 16.3. The highest BCUT2D eigenvalue weighted by Crippen LogP contribution is 2.32. The van der Waals surface area contributed by atoms with Crippen LogP contribution in [-0.2, 0) is 4.79 Å². The van der Waals surface area contributed by atoms with E-state index in [9.17, 15) is 14.9 Å². The second-order valence-electron chi connectivity index (χ2n) is 4.16. The molecule has 1 amide bonds. The van der Waals surface area contributed by atoms with Crippen molar-refractivity contribution in [2.45, 2.75) is 0 Å². The third-order valence-corrected chi connectivity index (χ3v) is 3.04. The van der Waals surface area contributed by atoms with Crippen LogP contribution in [0.25, 0.3) is 17.4 Å². The molecule has 0 saturated carbocycles. The largest absolute Gasteiger partial charge is 0.457 e. The van der Waals surface area contributed by atoms with Crippen LogP contribution in [0.3, 0.4) is 0 Å². The number of nitro benzene ring substituents is 1. The number of nitriles is 1. The van der Waals surface area contributed by atoms with Gasteiger partial charge < -0.3 is 10.2 Å². The van der Waals surface area contributed by atoms with E-state index in [2.05, 4.69) is 0 Å². The maximum Gasteiger partial charge on any atom is 0.270 e. The molecular weight excluding hydrogens is 310 g/mol. The third-order valence-electron chi connectivity index (χ3n) is 2.73. The quantitative estimate of drug-likeness (QED) is 0.402. The lowest BCUT2D eigenvalue weighted by Crippen LogP contribution is -2.12. The zero-order valence-electron chi connectivity index (χ0n) is 10.9. The number of nitro groups is 1. The predicted octanol–water partition coefficient (Wildman–Crippen LogP) is 2.90. The third kappa shape index (κ3) is 3.13. The number of nitrogens with zero attached hydrogens (tertiary/aromatic N) is 2. The number of carbonyl (C=O) groups is 1. The van der Waals surface area contributed by atoms with Crippen molar-refractivity contribution in [2.24, 2.45) is 5.73 Å². The standard InChI is InChI=1S/C14H8ClN3O4/c15-12-6-9(18(20)21)1-3-11(12)13-4-2-10(22-13)5-8(7-16)14(17)19/h1-6H,(H2,17,19)/b8-5-. The number of furan rings is 1. The van der Waals surface area contributed by atoms with Gasteiger partial charge in [0, 0.05) is 23.8 Å². The molecule has 7 nitrogen and oxygen atoms in total. The second-order valence-corrected chi connectivity index (χ2v) is 4.56. The number of rotatable bonds is 4. The number of hydrogen-bond donors (Lipinski definition) is 1. The van der Waals surface area contributed by atoms with E-state index >= 15 is 0 Å². The van der Waals surface area contributed by atoms with Gasteiger partial charge in [0.1, 0.15) is 23.2 Å². The summed E-state index contributed by atoms with van der Waals surface area (Å²) < 4.78 is 5.44. The van der Waals surface area contributed by atoms with Crippen molar-refractivity contribution in [1.29, 1.82) is 5.26 Å². The van der Waals surface area contributed by atoms with Crippen molar-refractivity contribution >= 4 is 29.3 Å². The summed E-state index contributed by atoms with van der Waals surface area (Å²) in [6, 6.07) is 8.69. The molecule has 0 radical (unpaired) electrons.